The fourth-order valence-corrected chi connectivity index (χ4v) is 5.50. The zero-order valence-corrected chi connectivity index (χ0v) is 26.2. The number of carbonyl (C=O) groups is 2. The lowest BCUT2D eigenvalue weighted by atomic mass is 9.83. The number of hydrogen-bond donors (Lipinski definition) is 0. The van der Waals surface area contributed by atoms with Gasteiger partial charge in [-0.25, -0.2) is 4.79 Å². The summed E-state index contributed by atoms with van der Waals surface area (Å²) in [7, 11) is 0. The minimum atomic E-state index is -0.496. The van der Waals surface area contributed by atoms with Gasteiger partial charge in [-0.3, -0.25) is 4.79 Å². The first-order valence-corrected chi connectivity index (χ1v) is 16.4. The predicted octanol–water partition coefficient (Wildman–Crippen LogP) is 10.00. The van der Waals surface area contributed by atoms with Gasteiger partial charge in [0.15, 0.2) is 0 Å². The lowest BCUT2D eigenvalue weighted by molar-refractivity contribution is -0.163. The summed E-state index contributed by atoms with van der Waals surface area (Å²) in [5, 5.41) is 0. The number of esters is 1. The molecule has 0 aromatic rings. The molecule has 5 nitrogen and oxygen atoms in total. The zero-order valence-electron chi connectivity index (χ0n) is 26.2. The molecule has 0 saturated carbocycles. The Kier molecular flexibility index (Phi) is 18.1. The van der Waals surface area contributed by atoms with E-state index in [1.807, 2.05) is 25.7 Å². The van der Waals surface area contributed by atoms with Gasteiger partial charge in [0.1, 0.15) is 11.2 Å². The number of nitrogens with zero attached hydrogens (tertiary/aromatic N) is 1. The van der Waals surface area contributed by atoms with E-state index in [2.05, 4.69) is 20.8 Å². The van der Waals surface area contributed by atoms with Crippen molar-refractivity contribution < 1.29 is 19.1 Å². The lowest BCUT2D eigenvalue weighted by Gasteiger charge is -2.40. The van der Waals surface area contributed by atoms with Gasteiger partial charge < -0.3 is 14.4 Å². The molecule has 1 aliphatic rings. The molecule has 1 amide bonds. The van der Waals surface area contributed by atoms with E-state index in [0.29, 0.717) is 19.5 Å². The summed E-state index contributed by atoms with van der Waals surface area (Å²) in [6, 6.07) is 0. The van der Waals surface area contributed by atoms with Gasteiger partial charge in [-0.05, 0) is 52.9 Å². The van der Waals surface area contributed by atoms with Gasteiger partial charge in [0.25, 0.3) is 0 Å². The van der Waals surface area contributed by atoms with Crippen molar-refractivity contribution in [3.63, 3.8) is 0 Å². The third kappa shape index (κ3) is 14.8. The molecule has 0 bridgehead atoms. The van der Waals surface area contributed by atoms with Crippen LogP contribution in [-0.4, -0.2) is 41.3 Å². The SMILES string of the molecule is CCCCCCCCCCCCCCCCCC(=O)OC(C)(C)C1CCN(C(=O)OC(C)(CC)CC)CC1. The molecule has 5 heteroatoms. The van der Waals surface area contributed by atoms with Gasteiger partial charge >= 0.3 is 12.1 Å². The number of carbonyl (C=O) groups excluding carboxylic acids is 2. The average molecular weight is 538 g/mol. The Bertz CT molecular complexity index is 620. The molecule has 38 heavy (non-hydrogen) atoms. The van der Waals surface area contributed by atoms with Crippen molar-refractivity contribution in [2.45, 2.75) is 181 Å². The fourth-order valence-electron chi connectivity index (χ4n) is 5.50. The first-order valence-electron chi connectivity index (χ1n) is 16.4. The highest BCUT2D eigenvalue weighted by Gasteiger charge is 2.37. The number of piperidine rings is 1. The first kappa shape index (κ1) is 34.8. The Hall–Kier alpha value is -1.26. The van der Waals surface area contributed by atoms with Crippen molar-refractivity contribution in [2.24, 2.45) is 5.92 Å². The second-order valence-corrected chi connectivity index (χ2v) is 12.6. The fraction of sp³-hybridized carbons (Fsp3) is 0.939. The van der Waals surface area contributed by atoms with Crippen LogP contribution in [0.15, 0.2) is 0 Å². The van der Waals surface area contributed by atoms with Crippen molar-refractivity contribution in [2.75, 3.05) is 13.1 Å². The van der Waals surface area contributed by atoms with Crippen molar-refractivity contribution in [3.8, 4) is 0 Å². The highest BCUT2D eigenvalue weighted by Crippen LogP contribution is 2.32. The van der Waals surface area contributed by atoms with E-state index in [1.54, 1.807) is 0 Å². The Morgan fingerprint density at radius 3 is 1.50 bits per heavy atom. The molecular weight excluding hydrogens is 474 g/mol. The van der Waals surface area contributed by atoms with E-state index in [4.69, 9.17) is 9.47 Å². The molecule has 1 fully saturated rings. The van der Waals surface area contributed by atoms with Crippen LogP contribution < -0.4 is 0 Å². The summed E-state index contributed by atoms with van der Waals surface area (Å²) in [5.41, 5.74) is -0.889. The van der Waals surface area contributed by atoms with Crippen molar-refractivity contribution in [1.29, 1.82) is 0 Å². The zero-order chi connectivity index (χ0) is 28.3. The van der Waals surface area contributed by atoms with E-state index < -0.39 is 11.2 Å². The summed E-state index contributed by atoms with van der Waals surface area (Å²) in [5.74, 6) is 0.188. The number of amides is 1. The third-order valence-electron chi connectivity index (χ3n) is 8.93. The van der Waals surface area contributed by atoms with Crippen molar-refractivity contribution in [1.82, 2.24) is 4.90 Å². The molecule has 1 saturated heterocycles. The van der Waals surface area contributed by atoms with E-state index in [0.717, 1.165) is 38.5 Å². The lowest BCUT2D eigenvalue weighted by Crippen LogP contribution is -2.47. The van der Waals surface area contributed by atoms with Crippen LogP contribution in [0.1, 0.15) is 170 Å². The quantitative estimate of drug-likeness (QED) is 0.108. The Balaban J connectivity index is 2.09. The van der Waals surface area contributed by atoms with Gasteiger partial charge in [0.2, 0.25) is 0 Å². The first-order chi connectivity index (χ1) is 18.2. The number of hydrogen-bond acceptors (Lipinski definition) is 4. The van der Waals surface area contributed by atoms with Gasteiger partial charge in [0.05, 0.1) is 0 Å². The molecular formula is C33H63NO4. The highest BCUT2D eigenvalue weighted by molar-refractivity contribution is 5.70. The van der Waals surface area contributed by atoms with Gasteiger partial charge in [0, 0.05) is 25.4 Å². The molecule has 0 aromatic heterocycles. The third-order valence-corrected chi connectivity index (χ3v) is 8.93. The van der Waals surface area contributed by atoms with E-state index in [1.165, 1.54) is 83.5 Å². The summed E-state index contributed by atoms with van der Waals surface area (Å²) in [6.45, 7) is 13.8. The van der Waals surface area contributed by atoms with E-state index in [9.17, 15) is 9.59 Å². The van der Waals surface area contributed by atoms with Crippen LogP contribution >= 0.6 is 0 Å². The Morgan fingerprint density at radius 1 is 0.658 bits per heavy atom. The predicted molar refractivity (Wildman–Crippen MR) is 159 cm³/mol. The largest absolute Gasteiger partial charge is 0.459 e. The molecule has 0 unspecified atom stereocenters. The standard InChI is InChI=1S/C33H63NO4/c1-7-10-11-12-13-14-15-16-17-18-19-20-21-22-23-24-30(35)37-32(4,5)29-25-27-34(28-26-29)31(36)38-33(6,8-2)9-3/h29H,7-28H2,1-6H3. The van der Waals surface area contributed by atoms with Gasteiger partial charge in [-0.2, -0.15) is 0 Å². The Labute approximate surface area is 236 Å². The van der Waals surface area contributed by atoms with Crippen LogP contribution in [-0.2, 0) is 14.3 Å². The minimum Gasteiger partial charge on any atom is -0.459 e. The summed E-state index contributed by atoms with van der Waals surface area (Å²) < 4.78 is 11.7. The van der Waals surface area contributed by atoms with Crippen LogP contribution in [0.5, 0.6) is 0 Å². The number of rotatable bonds is 21. The van der Waals surface area contributed by atoms with Gasteiger partial charge in [-0.15, -0.1) is 0 Å². The summed E-state index contributed by atoms with van der Waals surface area (Å²) in [6.07, 6.45) is 23.4. The Morgan fingerprint density at radius 2 is 1.08 bits per heavy atom. The molecule has 224 valence electrons. The molecule has 0 aliphatic carbocycles. The normalized spacial score (nSPS) is 15.1. The molecule has 0 N–H and O–H groups in total. The van der Waals surface area contributed by atoms with Crippen molar-refractivity contribution >= 4 is 12.1 Å². The minimum absolute atomic E-state index is 0.0757. The van der Waals surface area contributed by atoms with Crippen molar-refractivity contribution in [3.05, 3.63) is 0 Å². The van der Waals surface area contributed by atoms with Crippen LogP contribution in [0.2, 0.25) is 0 Å². The molecule has 0 radical (unpaired) electrons. The molecule has 0 atom stereocenters. The molecule has 0 spiro atoms. The topological polar surface area (TPSA) is 55.8 Å². The maximum Gasteiger partial charge on any atom is 0.410 e. The molecule has 1 heterocycles. The highest BCUT2D eigenvalue weighted by atomic mass is 16.6. The molecule has 1 aliphatic heterocycles. The van der Waals surface area contributed by atoms with Crippen LogP contribution in [0.3, 0.4) is 0 Å². The molecule has 1 rings (SSSR count). The maximum absolute atomic E-state index is 12.6. The number of unbranched alkanes of at least 4 members (excludes halogenated alkanes) is 14. The summed E-state index contributed by atoms with van der Waals surface area (Å²) in [4.78, 5) is 26.9. The van der Waals surface area contributed by atoms with E-state index in [-0.39, 0.29) is 18.0 Å². The second-order valence-electron chi connectivity index (χ2n) is 12.6. The average Bonchev–Trinajstić information content (AvgIpc) is 2.90. The van der Waals surface area contributed by atoms with Crippen LogP contribution in [0.25, 0.3) is 0 Å². The van der Waals surface area contributed by atoms with Crippen LogP contribution in [0.4, 0.5) is 4.79 Å². The van der Waals surface area contributed by atoms with Gasteiger partial charge in [-0.1, -0.05) is 111 Å². The number of likely N-dealkylation sites (tertiary alicyclic amines) is 1. The van der Waals surface area contributed by atoms with Crippen LogP contribution in [0, 0.1) is 5.92 Å². The van der Waals surface area contributed by atoms with E-state index >= 15 is 0 Å². The maximum atomic E-state index is 12.6. The molecule has 0 aromatic carbocycles. The monoisotopic (exact) mass is 537 g/mol. The smallest absolute Gasteiger partial charge is 0.410 e. The number of ether oxygens (including phenoxy) is 2. The second kappa shape index (κ2) is 19.7. The summed E-state index contributed by atoms with van der Waals surface area (Å²) >= 11 is 0.